The Kier molecular flexibility index (Phi) is 4.93. The van der Waals surface area contributed by atoms with Crippen LogP contribution in [0.1, 0.15) is 43.2 Å². The third-order valence-electron chi connectivity index (χ3n) is 4.17. The van der Waals surface area contributed by atoms with E-state index >= 15 is 0 Å². The maximum Gasteiger partial charge on any atom is 0.270 e. The van der Waals surface area contributed by atoms with E-state index in [1.165, 1.54) is 0 Å². The molecule has 1 aliphatic heterocycles. The molecule has 0 aromatic carbocycles. The molecule has 1 amide bonds. The summed E-state index contributed by atoms with van der Waals surface area (Å²) in [5.41, 5.74) is 7.24. The van der Waals surface area contributed by atoms with Crippen molar-refractivity contribution in [3.05, 3.63) is 18.0 Å². The highest BCUT2D eigenvalue weighted by Crippen LogP contribution is 2.22. The Morgan fingerprint density at radius 1 is 1.38 bits per heavy atom. The Bertz CT molecular complexity index is 484. The quantitative estimate of drug-likeness (QED) is 0.924. The van der Waals surface area contributed by atoms with E-state index in [4.69, 9.17) is 5.73 Å². The van der Waals surface area contributed by atoms with Gasteiger partial charge >= 0.3 is 0 Å². The molecule has 0 aliphatic carbocycles. The van der Waals surface area contributed by atoms with Gasteiger partial charge in [-0.15, -0.1) is 0 Å². The van der Waals surface area contributed by atoms with Gasteiger partial charge in [0, 0.05) is 31.9 Å². The molecule has 21 heavy (non-hydrogen) atoms. The fourth-order valence-electron chi connectivity index (χ4n) is 3.10. The first-order chi connectivity index (χ1) is 9.88. The second kappa shape index (κ2) is 6.52. The molecule has 0 saturated carbocycles. The number of carbonyl (C=O) groups excluding carboxylic acids is 1. The maximum atomic E-state index is 12.7. The maximum absolute atomic E-state index is 12.7. The lowest BCUT2D eigenvalue weighted by Gasteiger charge is -2.33. The van der Waals surface area contributed by atoms with Crippen LogP contribution in [0.2, 0.25) is 0 Å². The van der Waals surface area contributed by atoms with Crippen LogP contribution in [0.4, 0.5) is 5.69 Å². The highest BCUT2D eigenvalue weighted by Gasteiger charge is 2.26. The standard InChI is InChI=1S/C16H28N4O/c1-12(2)20-11-14(17)9-15(20)16(21)19-7-5-13(6-8-19)10-18(3)4/h9,11-13H,5-8,10,17H2,1-4H3. The first kappa shape index (κ1) is 15.9. The van der Waals surface area contributed by atoms with Crippen LogP contribution in [0.3, 0.4) is 0 Å². The van der Waals surface area contributed by atoms with Crippen LogP contribution in [0, 0.1) is 5.92 Å². The fourth-order valence-corrected chi connectivity index (χ4v) is 3.10. The minimum absolute atomic E-state index is 0.115. The van der Waals surface area contributed by atoms with Crippen molar-refractivity contribution in [3.63, 3.8) is 0 Å². The van der Waals surface area contributed by atoms with Crippen molar-refractivity contribution in [2.75, 3.05) is 39.5 Å². The summed E-state index contributed by atoms with van der Waals surface area (Å²) in [5, 5.41) is 0. The van der Waals surface area contributed by atoms with Crippen LogP contribution in [-0.4, -0.2) is 54.0 Å². The number of anilines is 1. The number of nitrogens with two attached hydrogens (primary N) is 1. The van der Waals surface area contributed by atoms with E-state index in [1.807, 2.05) is 15.7 Å². The number of likely N-dealkylation sites (tertiary alicyclic amines) is 1. The van der Waals surface area contributed by atoms with E-state index < -0.39 is 0 Å². The molecular formula is C16H28N4O. The second-order valence-corrected chi connectivity index (χ2v) is 6.66. The van der Waals surface area contributed by atoms with Gasteiger partial charge < -0.3 is 20.1 Å². The number of aromatic nitrogens is 1. The van der Waals surface area contributed by atoms with E-state index in [0.717, 1.165) is 32.5 Å². The number of nitrogen functional groups attached to an aromatic ring is 1. The van der Waals surface area contributed by atoms with Gasteiger partial charge in [0.2, 0.25) is 0 Å². The molecule has 2 heterocycles. The summed E-state index contributed by atoms with van der Waals surface area (Å²) in [7, 11) is 4.21. The van der Waals surface area contributed by atoms with Gasteiger partial charge in [0.15, 0.2) is 0 Å². The van der Waals surface area contributed by atoms with E-state index in [-0.39, 0.29) is 11.9 Å². The molecule has 2 N–H and O–H groups in total. The predicted octanol–water partition coefficient (Wildman–Crippen LogP) is 2.06. The monoisotopic (exact) mass is 292 g/mol. The van der Waals surface area contributed by atoms with Gasteiger partial charge in [0.05, 0.1) is 5.69 Å². The van der Waals surface area contributed by atoms with Crippen molar-refractivity contribution < 1.29 is 4.79 Å². The molecule has 1 aliphatic rings. The molecule has 1 aromatic heterocycles. The average Bonchev–Trinajstić information content (AvgIpc) is 2.80. The Morgan fingerprint density at radius 3 is 2.52 bits per heavy atom. The van der Waals surface area contributed by atoms with Gasteiger partial charge in [-0.05, 0) is 52.8 Å². The van der Waals surface area contributed by atoms with E-state index in [0.29, 0.717) is 17.3 Å². The lowest BCUT2D eigenvalue weighted by Crippen LogP contribution is -2.41. The number of carbonyl (C=O) groups is 1. The van der Waals surface area contributed by atoms with Crippen LogP contribution in [0.5, 0.6) is 0 Å². The molecule has 0 unspecified atom stereocenters. The first-order valence-corrected chi connectivity index (χ1v) is 7.79. The lowest BCUT2D eigenvalue weighted by atomic mass is 9.96. The lowest BCUT2D eigenvalue weighted by molar-refractivity contribution is 0.0665. The van der Waals surface area contributed by atoms with Gasteiger partial charge in [-0.2, -0.15) is 0 Å². The number of hydrogen-bond acceptors (Lipinski definition) is 3. The largest absolute Gasteiger partial charge is 0.397 e. The van der Waals surface area contributed by atoms with Gasteiger partial charge in [-0.25, -0.2) is 0 Å². The highest BCUT2D eigenvalue weighted by molar-refractivity contribution is 5.94. The van der Waals surface area contributed by atoms with E-state index in [2.05, 4.69) is 32.8 Å². The number of piperidine rings is 1. The topological polar surface area (TPSA) is 54.5 Å². The van der Waals surface area contributed by atoms with E-state index in [1.54, 1.807) is 6.07 Å². The van der Waals surface area contributed by atoms with Crippen LogP contribution in [-0.2, 0) is 0 Å². The van der Waals surface area contributed by atoms with Crippen LogP contribution in [0.15, 0.2) is 12.3 Å². The molecule has 1 fully saturated rings. The molecule has 118 valence electrons. The predicted molar refractivity (Wildman–Crippen MR) is 86.4 cm³/mol. The normalized spacial score (nSPS) is 17.0. The summed E-state index contributed by atoms with van der Waals surface area (Å²) in [6.07, 6.45) is 4.03. The SMILES string of the molecule is CC(C)n1cc(N)cc1C(=O)N1CCC(CN(C)C)CC1. The number of rotatable bonds is 4. The first-order valence-electron chi connectivity index (χ1n) is 7.79. The summed E-state index contributed by atoms with van der Waals surface area (Å²) in [6, 6.07) is 2.04. The van der Waals surface area contributed by atoms with Gasteiger partial charge in [-0.3, -0.25) is 4.79 Å². The van der Waals surface area contributed by atoms with Crippen LogP contribution in [0.25, 0.3) is 0 Å². The summed E-state index contributed by atoms with van der Waals surface area (Å²) in [4.78, 5) is 16.9. The summed E-state index contributed by atoms with van der Waals surface area (Å²) >= 11 is 0. The van der Waals surface area contributed by atoms with Crippen LogP contribution >= 0.6 is 0 Å². The van der Waals surface area contributed by atoms with Gasteiger partial charge in [0.1, 0.15) is 5.69 Å². The van der Waals surface area contributed by atoms with Crippen molar-refractivity contribution >= 4 is 11.6 Å². The summed E-state index contributed by atoms with van der Waals surface area (Å²) in [6.45, 7) is 6.94. The molecule has 2 rings (SSSR count). The Labute approximate surface area is 127 Å². The zero-order valence-electron chi connectivity index (χ0n) is 13.7. The number of amides is 1. The van der Waals surface area contributed by atoms with E-state index in [9.17, 15) is 4.79 Å². The Balaban J connectivity index is 2.02. The molecule has 0 spiro atoms. The van der Waals surface area contributed by atoms with Gasteiger partial charge in [0.25, 0.3) is 5.91 Å². The zero-order valence-corrected chi connectivity index (χ0v) is 13.7. The molecule has 5 heteroatoms. The minimum Gasteiger partial charge on any atom is -0.397 e. The Morgan fingerprint density at radius 2 is 2.00 bits per heavy atom. The molecule has 1 aromatic rings. The molecule has 0 radical (unpaired) electrons. The molecule has 0 bridgehead atoms. The minimum atomic E-state index is 0.115. The third-order valence-corrected chi connectivity index (χ3v) is 4.17. The average molecular weight is 292 g/mol. The van der Waals surface area contributed by atoms with Crippen molar-refractivity contribution in [1.29, 1.82) is 0 Å². The van der Waals surface area contributed by atoms with Gasteiger partial charge in [-0.1, -0.05) is 0 Å². The van der Waals surface area contributed by atoms with Crippen molar-refractivity contribution in [1.82, 2.24) is 14.4 Å². The zero-order chi connectivity index (χ0) is 15.6. The summed E-state index contributed by atoms with van der Waals surface area (Å²) < 4.78 is 1.98. The van der Waals surface area contributed by atoms with Crippen LogP contribution < -0.4 is 5.73 Å². The fraction of sp³-hybridized carbons (Fsp3) is 0.688. The smallest absolute Gasteiger partial charge is 0.270 e. The number of nitrogens with zero attached hydrogens (tertiary/aromatic N) is 3. The molecule has 1 saturated heterocycles. The van der Waals surface area contributed by atoms with Crippen molar-refractivity contribution in [2.24, 2.45) is 5.92 Å². The second-order valence-electron chi connectivity index (χ2n) is 6.66. The van der Waals surface area contributed by atoms with Crippen molar-refractivity contribution in [2.45, 2.75) is 32.7 Å². The van der Waals surface area contributed by atoms with Crippen molar-refractivity contribution in [3.8, 4) is 0 Å². The summed E-state index contributed by atoms with van der Waals surface area (Å²) in [5.74, 6) is 0.815. The Hall–Kier alpha value is -1.49. The highest BCUT2D eigenvalue weighted by atomic mass is 16.2. The molecular weight excluding hydrogens is 264 g/mol. The number of hydrogen-bond donors (Lipinski definition) is 1. The molecule has 5 nitrogen and oxygen atoms in total. The third kappa shape index (κ3) is 3.79. The molecule has 0 atom stereocenters.